The van der Waals surface area contributed by atoms with Crippen molar-refractivity contribution in [3.63, 3.8) is 0 Å². The highest BCUT2D eigenvalue weighted by molar-refractivity contribution is 7.12. The van der Waals surface area contributed by atoms with E-state index < -0.39 is 0 Å². The largest absolute Gasteiger partial charge is 0.329 e. The monoisotopic (exact) mass is 412 g/mol. The van der Waals surface area contributed by atoms with Crippen molar-refractivity contribution in [2.45, 2.75) is 6.04 Å². The number of ketones is 1. The molecule has 2 heterocycles. The molecule has 1 atom stereocenters. The molecule has 0 aliphatic carbocycles. The lowest BCUT2D eigenvalue weighted by atomic mass is 9.98. The number of rotatable bonds is 6. The van der Waals surface area contributed by atoms with E-state index in [1.807, 2.05) is 60.0 Å². The number of thiophene rings is 1. The van der Waals surface area contributed by atoms with Gasteiger partial charge in [-0.25, -0.2) is 0 Å². The van der Waals surface area contributed by atoms with Crippen LogP contribution in [0, 0.1) is 0 Å². The molecular formula is C25H20N2O2S. The van der Waals surface area contributed by atoms with Crippen LogP contribution in [0.4, 0.5) is 0 Å². The molecule has 0 fully saturated rings. The summed E-state index contributed by atoms with van der Waals surface area (Å²) >= 11 is 1.37. The maximum absolute atomic E-state index is 13.6. The van der Waals surface area contributed by atoms with Crippen molar-refractivity contribution >= 4 is 23.0 Å². The Morgan fingerprint density at radius 1 is 0.833 bits per heavy atom. The molecule has 2 aromatic carbocycles. The van der Waals surface area contributed by atoms with Crippen molar-refractivity contribution in [1.82, 2.24) is 9.88 Å². The molecule has 4 nitrogen and oxygen atoms in total. The molecule has 0 saturated carbocycles. The van der Waals surface area contributed by atoms with Gasteiger partial charge in [-0.2, -0.15) is 0 Å². The van der Waals surface area contributed by atoms with Crippen LogP contribution in [0.15, 0.2) is 96.5 Å². The number of nitrogens with zero attached hydrogens (tertiary/aromatic N) is 2. The van der Waals surface area contributed by atoms with Gasteiger partial charge in [-0.3, -0.25) is 14.6 Å². The van der Waals surface area contributed by atoms with E-state index >= 15 is 0 Å². The van der Waals surface area contributed by atoms with Crippen LogP contribution >= 0.6 is 11.3 Å². The van der Waals surface area contributed by atoms with E-state index in [9.17, 15) is 9.59 Å². The Morgan fingerprint density at radius 3 is 2.20 bits per heavy atom. The molecular weight excluding hydrogens is 392 g/mol. The van der Waals surface area contributed by atoms with Crippen LogP contribution < -0.4 is 0 Å². The summed E-state index contributed by atoms with van der Waals surface area (Å²) in [5.41, 5.74) is 2.51. The van der Waals surface area contributed by atoms with Crippen molar-refractivity contribution in [3.05, 3.63) is 124 Å². The SMILES string of the molecule is CN(C(=O)c1ccccc1C(=O)c1cccs1)[C@@H](c1ccccc1)c1ccccn1. The first kappa shape index (κ1) is 19.7. The van der Waals surface area contributed by atoms with Gasteiger partial charge in [0.05, 0.1) is 22.2 Å². The summed E-state index contributed by atoms with van der Waals surface area (Å²) in [6.45, 7) is 0. The topological polar surface area (TPSA) is 50.3 Å². The Balaban J connectivity index is 1.74. The average molecular weight is 413 g/mol. The number of benzene rings is 2. The second kappa shape index (κ2) is 8.84. The first-order valence-electron chi connectivity index (χ1n) is 9.57. The second-order valence-corrected chi connectivity index (χ2v) is 7.78. The van der Waals surface area contributed by atoms with E-state index in [1.54, 1.807) is 48.5 Å². The number of carbonyl (C=O) groups is 2. The van der Waals surface area contributed by atoms with Crippen LogP contribution in [0.1, 0.15) is 42.9 Å². The van der Waals surface area contributed by atoms with E-state index in [1.165, 1.54) is 11.3 Å². The van der Waals surface area contributed by atoms with Crippen LogP contribution in [0.5, 0.6) is 0 Å². The van der Waals surface area contributed by atoms with E-state index in [0.29, 0.717) is 16.0 Å². The van der Waals surface area contributed by atoms with Crippen LogP contribution in [0.25, 0.3) is 0 Å². The standard InChI is InChI=1S/C25H20N2O2S/c1-27(23(18-10-3-2-4-11-18)21-14-7-8-16-26-21)25(29)20-13-6-5-12-19(20)24(28)22-15-9-17-30-22/h2-17,23H,1H3/t23-/m0/s1. The fourth-order valence-electron chi connectivity index (χ4n) is 3.48. The minimum Gasteiger partial charge on any atom is -0.329 e. The predicted octanol–water partition coefficient (Wildman–Crippen LogP) is 5.24. The summed E-state index contributed by atoms with van der Waals surface area (Å²) in [5, 5.41) is 1.86. The molecule has 5 heteroatoms. The van der Waals surface area contributed by atoms with E-state index in [4.69, 9.17) is 0 Å². The predicted molar refractivity (Wildman–Crippen MR) is 119 cm³/mol. The zero-order chi connectivity index (χ0) is 20.9. The molecule has 0 saturated heterocycles. The van der Waals surface area contributed by atoms with Gasteiger partial charge in [-0.05, 0) is 35.2 Å². The number of amides is 1. The van der Waals surface area contributed by atoms with Crippen LogP contribution in [-0.4, -0.2) is 28.6 Å². The summed E-state index contributed by atoms with van der Waals surface area (Å²) in [6, 6.07) is 25.7. The summed E-state index contributed by atoms with van der Waals surface area (Å²) in [7, 11) is 1.75. The average Bonchev–Trinajstić information content (AvgIpc) is 3.35. The highest BCUT2D eigenvalue weighted by Gasteiger charge is 2.28. The summed E-state index contributed by atoms with van der Waals surface area (Å²) in [6.07, 6.45) is 1.72. The fraction of sp³-hybridized carbons (Fsp3) is 0.0800. The molecule has 0 spiro atoms. The van der Waals surface area contributed by atoms with Crippen molar-refractivity contribution in [2.75, 3.05) is 7.05 Å². The molecule has 0 aliphatic heterocycles. The zero-order valence-corrected chi connectivity index (χ0v) is 17.3. The minimum atomic E-state index is -0.371. The van der Waals surface area contributed by atoms with Crippen molar-refractivity contribution < 1.29 is 9.59 Å². The van der Waals surface area contributed by atoms with Crippen LogP contribution in [0.2, 0.25) is 0 Å². The van der Waals surface area contributed by atoms with Crippen LogP contribution in [0.3, 0.4) is 0 Å². The second-order valence-electron chi connectivity index (χ2n) is 6.84. The highest BCUT2D eigenvalue weighted by Crippen LogP contribution is 2.28. The quantitative estimate of drug-likeness (QED) is 0.407. The summed E-state index contributed by atoms with van der Waals surface area (Å²) < 4.78 is 0. The lowest BCUT2D eigenvalue weighted by Gasteiger charge is -2.29. The van der Waals surface area contributed by atoms with E-state index in [2.05, 4.69) is 4.98 Å². The third-order valence-corrected chi connectivity index (χ3v) is 5.81. The third-order valence-electron chi connectivity index (χ3n) is 4.94. The van der Waals surface area contributed by atoms with Gasteiger partial charge in [0.2, 0.25) is 5.78 Å². The lowest BCUT2D eigenvalue weighted by Crippen LogP contribution is -2.33. The van der Waals surface area contributed by atoms with Gasteiger partial charge in [-0.1, -0.05) is 60.7 Å². The van der Waals surface area contributed by atoms with Gasteiger partial charge >= 0.3 is 0 Å². The molecule has 0 N–H and O–H groups in total. The van der Waals surface area contributed by atoms with Gasteiger partial charge < -0.3 is 4.90 Å². The minimum absolute atomic E-state index is 0.142. The molecule has 0 aliphatic rings. The molecule has 2 aromatic heterocycles. The molecule has 148 valence electrons. The number of aromatic nitrogens is 1. The number of pyridine rings is 1. The summed E-state index contributed by atoms with van der Waals surface area (Å²) in [5.74, 6) is -0.369. The lowest BCUT2D eigenvalue weighted by molar-refractivity contribution is 0.0748. The van der Waals surface area contributed by atoms with Gasteiger partial charge in [-0.15, -0.1) is 11.3 Å². The highest BCUT2D eigenvalue weighted by atomic mass is 32.1. The molecule has 0 radical (unpaired) electrons. The van der Waals surface area contributed by atoms with Crippen LogP contribution in [-0.2, 0) is 0 Å². The maximum Gasteiger partial charge on any atom is 0.255 e. The molecule has 1 amide bonds. The van der Waals surface area contributed by atoms with Crippen molar-refractivity contribution in [3.8, 4) is 0 Å². The van der Waals surface area contributed by atoms with Gasteiger partial charge in [0.15, 0.2) is 0 Å². The maximum atomic E-state index is 13.6. The van der Waals surface area contributed by atoms with Gasteiger partial charge in [0.1, 0.15) is 0 Å². The Hall–Kier alpha value is -3.57. The normalized spacial score (nSPS) is 11.6. The molecule has 4 aromatic rings. The first-order chi connectivity index (χ1) is 14.7. The number of hydrogen-bond acceptors (Lipinski definition) is 4. The molecule has 30 heavy (non-hydrogen) atoms. The van der Waals surface area contributed by atoms with E-state index in [-0.39, 0.29) is 17.7 Å². The third kappa shape index (κ3) is 3.93. The van der Waals surface area contributed by atoms with Crippen molar-refractivity contribution in [1.29, 1.82) is 0 Å². The Bertz CT molecular complexity index is 1100. The summed E-state index contributed by atoms with van der Waals surface area (Å²) in [4.78, 5) is 33.3. The first-order valence-corrected chi connectivity index (χ1v) is 10.4. The molecule has 0 bridgehead atoms. The smallest absolute Gasteiger partial charge is 0.255 e. The Morgan fingerprint density at radius 2 is 1.53 bits per heavy atom. The van der Waals surface area contributed by atoms with Gasteiger partial charge in [0.25, 0.3) is 5.91 Å². The van der Waals surface area contributed by atoms with Crippen molar-refractivity contribution in [2.24, 2.45) is 0 Å². The van der Waals surface area contributed by atoms with Gasteiger partial charge in [0, 0.05) is 18.8 Å². The molecule has 0 unspecified atom stereocenters. The molecule has 4 rings (SSSR count). The Kier molecular flexibility index (Phi) is 5.82. The van der Waals surface area contributed by atoms with E-state index in [0.717, 1.165) is 11.3 Å². The fourth-order valence-corrected chi connectivity index (χ4v) is 4.16. The zero-order valence-electron chi connectivity index (χ0n) is 16.4. The number of carbonyl (C=O) groups excluding carboxylic acids is 2. The number of hydrogen-bond donors (Lipinski definition) is 0. The Labute approximate surface area is 179 Å².